The fourth-order valence-electron chi connectivity index (χ4n) is 3.68. The molecule has 0 unspecified atom stereocenters. The highest BCUT2D eigenvalue weighted by atomic mass is 16.6. The quantitative estimate of drug-likeness (QED) is 0.623. The third-order valence-corrected chi connectivity index (χ3v) is 5.08. The van der Waals surface area contributed by atoms with Crippen LogP contribution in [-0.2, 0) is 23.9 Å². The molecule has 7 heteroatoms. The average Bonchev–Trinajstić information content (AvgIpc) is 3.01. The number of carbonyl (C=O) groups excluding carboxylic acids is 3. The minimum Gasteiger partial charge on any atom is -0.469 e. The predicted octanol–water partition coefficient (Wildman–Crippen LogP) is 2.18. The van der Waals surface area contributed by atoms with Gasteiger partial charge in [-0.2, -0.15) is 0 Å². The molecule has 156 valence electrons. The van der Waals surface area contributed by atoms with Crippen molar-refractivity contribution >= 4 is 17.8 Å². The van der Waals surface area contributed by atoms with E-state index in [1.54, 1.807) is 0 Å². The van der Waals surface area contributed by atoms with Crippen molar-refractivity contribution in [3.63, 3.8) is 0 Å². The van der Waals surface area contributed by atoms with E-state index in [-0.39, 0.29) is 29.9 Å². The average molecular weight is 385 g/mol. The number of rotatable bonds is 8. The van der Waals surface area contributed by atoms with E-state index in [1.165, 1.54) is 14.0 Å². The summed E-state index contributed by atoms with van der Waals surface area (Å²) in [7, 11) is 1.34. The van der Waals surface area contributed by atoms with Gasteiger partial charge < -0.3 is 14.8 Å². The van der Waals surface area contributed by atoms with Gasteiger partial charge in [0.05, 0.1) is 13.0 Å². The Kier molecular flexibility index (Phi) is 8.72. The topological polar surface area (TPSA) is 93.7 Å². The number of hydrogen-bond donors (Lipinski definition) is 2. The van der Waals surface area contributed by atoms with Crippen LogP contribution in [-0.4, -0.2) is 48.7 Å². The second kappa shape index (κ2) is 10.1. The number of carbonyl (C=O) groups is 3. The summed E-state index contributed by atoms with van der Waals surface area (Å²) in [6.07, 6.45) is 3.00. The van der Waals surface area contributed by atoms with Crippen LogP contribution in [0, 0.1) is 11.8 Å². The lowest BCUT2D eigenvalue weighted by Gasteiger charge is -2.31. The minimum atomic E-state index is -0.607. The number of hydrogen-bond acceptors (Lipinski definition) is 6. The largest absolute Gasteiger partial charge is 0.469 e. The van der Waals surface area contributed by atoms with Crippen molar-refractivity contribution in [3.05, 3.63) is 0 Å². The summed E-state index contributed by atoms with van der Waals surface area (Å²) in [6.45, 7) is 11.1. The molecule has 7 nitrogen and oxygen atoms in total. The number of methoxy groups -OCH3 is 1. The standard InChI is InChI=1S/C20H36N2O5/c1-8-13(9-2)10-15(21-12(3)23)17-14(18(24)26-7)11-16(22-17)19(25)27-20(4,5)6/h13-17,22H,8-11H2,1-7H3,(H,21,23)/t14-,15+,16-,17-/m1/s1. The maximum Gasteiger partial charge on any atom is 0.323 e. The zero-order valence-electron chi connectivity index (χ0n) is 17.8. The first-order valence-electron chi connectivity index (χ1n) is 9.86. The van der Waals surface area contributed by atoms with E-state index in [1.807, 2.05) is 20.8 Å². The number of amides is 1. The highest BCUT2D eigenvalue weighted by Gasteiger charge is 2.46. The van der Waals surface area contributed by atoms with Crippen molar-refractivity contribution in [1.82, 2.24) is 10.6 Å². The molecular formula is C20H36N2O5. The molecule has 1 rings (SSSR count). The molecule has 0 aromatic heterocycles. The van der Waals surface area contributed by atoms with Crippen LogP contribution in [0.4, 0.5) is 0 Å². The smallest absolute Gasteiger partial charge is 0.323 e. The van der Waals surface area contributed by atoms with E-state index in [4.69, 9.17) is 9.47 Å². The fourth-order valence-corrected chi connectivity index (χ4v) is 3.68. The third kappa shape index (κ3) is 7.13. The van der Waals surface area contributed by atoms with Crippen molar-refractivity contribution in [1.29, 1.82) is 0 Å². The van der Waals surface area contributed by atoms with Crippen molar-refractivity contribution in [3.8, 4) is 0 Å². The Labute approximate surface area is 162 Å². The summed E-state index contributed by atoms with van der Waals surface area (Å²) in [4.78, 5) is 36.7. The lowest BCUT2D eigenvalue weighted by atomic mass is 9.86. The Morgan fingerprint density at radius 1 is 1.15 bits per heavy atom. The summed E-state index contributed by atoms with van der Waals surface area (Å²) >= 11 is 0. The Morgan fingerprint density at radius 2 is 1.74 bits per heavy atom. The summed E-state index contributed by atoms with van der Waals surface area (Å²) < 4.78 is 10.4. The van der Waals surface area contributed by atoms with Gasteiger partial charge in [0.15, 0.2) is 0 Å². The van der Waals surface area contributed by atoms with Crippen LogP contribution in [0.5, 0.6) is 0 Å². The molecular weight excluding hydrogens is 348 g/mol. The van der Waals surface area contributed by atoms with Crippen molar-refractivity contribution in [2.75, 3.05) is 7.11 Å². The molecule has 0 radical (unpaired) electrons. The molecule has 0 saturated carbocycles. The van der Waals surface area contributed by atoms with Gasteiger partial charge in [-0.05, 0) is 39.5 Å². The zero-order valence-corrected chi connectivity index (χ0v) is 17.8. The first kappa shape index (κ1) is 23.4. The summed E-state index contributed by atoms with van der Waals surface area (Å²) in [5.74, 6) is -1.01. The Hall–Kier alpha value is -1.63. The van der Waals surface area contributed by atoms with Crippen LogP contribution in [0.2, 0.25) is 0 Å². The van der Waals surface area contributed by atoms with E-state index < -0.39 is 17.6 Å². The second-order valence-electron chi connectivity index (χ2n) is 8.37. The third-order valence-electron chi connectivity index (χ3n) is 5.08. The highest BCUT2D eigenvalue weighted by Crippen LogP contribution is 2.29. The maximum absolute atomic E-state index is 12.5. The van der Waals surface area contributed by atoms with Gasteiger partial charge in [0, 0.05) is 19.0 Å². The summed E-state index contributed by atoms with van der Waals surface area (Å²) in [5.41, 5.74) is -0.607. The summed E-state index contributed by atoms with van der Waals surface area (Å²) in [5, 5.41) is 6.22. The van der Waals surface area contributed by atoms with E-state index in [0.29, 0.717) is 12.3 Å². The van der Waals surface area contributed by atoms with Crippen molar-refractivity contribution < 1.29 is 23.9 Å². The van der Waals surface area contributed by atoms with Crippen LogP contribution in [0.1, 0.15) is 67.2 Å². The zero-order chi connectivity index (χ0) is 20.8. The normalized spacial score (nSPS) is 23.8. The van der Waals surface area contributed by atoms with Crippen molar-refractivity contribution in [2.24, 2.45) is 11.8 Å². The van der Waals surface area contributed by atoms with E-state index in [9.17, 15) is 14.4 Å². The number of ether oxygens (including phenoxy) is 2. The Balaban J connectivity index is 3.06. The Bertz CT molecular complexity index is 525. The molecule has 4 atom stereocenters. The molecule has 1 aliphatic rings. The molecule has 1 fully saturated rings. The predicted molar refractivity (Wildman–Crippen MR) is 103 cm³/mol. The van der Waals surface area contributed by atoms with Crippen LogP contribution in [0.25, 0.3) is 0 Å². The van der Waals surface area contributed by atoms with Gasteiger partial charge in [-0.3, -0.25) is 19.7 Å². The molecule has 0 aliphatic carbocycles. The highest BCUT2D eigenvalue weighted by molar-refractivity contribution is 5.81. The molecule has 0 bridgehead atoms. The van der Waals surface area contributed by atoms with Crippen LogP contribution in [0.3, 0.4) is 0 Å². The maximum atomic E-state index is 12.5. The fraction of sp³-hybridized carbons (Fsp3) is 0.850. The molecule has 0 spiro atoms. The first-order valence-corrected chi connectivity index (χ1v) is 9.86. The van der Waals surface area contributed by atoms with Gasteiger partial charge in [-0.15, -0.1) is 0 Å². The van der Waals surface area contributed by atoms with Gasteiger partial charge in [0.2, 0.25) is 5.91 Å². The molecule has 0 aromatic carbocycles. The lowest BCUT2D eigenvalue weighted by Crippen LogP contribution is -2.53. The molecule has 0 aromatic rings. The lowest BCUT2D eigenvalue weighted by molar-refractivity contribution is -0.157. The van der Waals surface area contributed by atoms with Crippen molar-refractivity contribution in [2.45, 2.75) is 91.0 Å². The molecule has 1 aliphatic heterocycles. The van der Waals surface area contributed by atoms with Gasteiger partial charge in [0.25, 0.3) is 0 Å². The van der Waals surface area contributed by atoms with E-state index >= 15 is 0 Å². The number of nitrogens with one attached hydrogen (secondary N) is 2. The van der Waals surface area contributed by atoms with E-state index in [0.717, 1.165) is 19.3 Å². The molecule has 2 N–H and O–H groups in total. The van der Waals surface area contributed by atoms with Gasteiger partial charge in [-0.1, -0.05) is 26.7 Å². The summed E-state index contributed by atoms with van der Waals surface area (Å²) in [6, 6.07) is -1.24. The number of esters is 2. The molecule has 27 heavy (non-hydrogen) atoms. The monoisotopic (exact) mass is 384 g/mol. The molecule has 1 heterocycles. The van der Waals surface area contributed by atoms with Gasteiger partial charge in [0.1, 0.15) is 11.6 Å². The SMILES string of the molecule is CCC(CC)C[C@H](NC(C)=O)[C@@H]1N[C@@H](C(=O)OC(C)(C)C)C[C@H]1C(=O)OC. The van der Waals surface area contributed by atoms with Gasteiger partial charge in [-0.25, -0.2) is 0 Å². The molecule has 1 amide bonds. The molecule has 1 saturated heterocycles. The van der Waals surface area contributed by atoms with E-state index in [2.05, 4.69) is 24.5 Å². The van der Waals surface area contributed by atoms with Crippen LogP contribution < -0.4 is 10.6 Å². The first-order chi connectivity index (χ1) is 12.5. The van der Waals surface area contributed by atoms with Crippen LogP contribution >= 0.6 is 0 Å². The minimum absolute atomic E-state index is 0.155. The second-order valence-corrected chi connectivity index (χ2v) is 8.37. The van der Waals surface area contributed by atoms with Crippen LogP contribution in [0.15, 0.2) is 0 Å². The van der Waals surface area contributed by atoms with Gasteiger partial charge >= 0.3 is 11.9 Å². The Morgan fingerprint density at radius 3 is 2.19 bits per heavy atom.